The fourth-order valence-corrected chi connectivity index (χ4v) is 3.99. The standard InChI is InChI=1S/C22H30N2O3/c1-2-15-27-20-9-5-8-19(16-20)22(26)24-14-6-7-18(17-24)10-11-21(25)23-12-3-4-13-23/h2,5,8-9,16,18H,1,3-4,6-7,10-15,17H2/t18-/m1/s1. The second kappa shape index (κ2) is 9.58. The Morgan fingerprint density at radius 2 is 1.93 bits per heavy atom. The highest BCUT2D eigenvalue weighted by Gasteiger charge is 2.26. The van der Waals surface area contributed by atoms with E-state index >= 15 is 0 Å². The molecule has 1 aromatic carbocycles. The van der Waals surface area contributed by atoms with Crippen LogP contribution in [0.1, 0.15) is 48.9 Å². The van der Waals surface area contributed by atoms with E-state index in [0.717, 1.165) is 58.3 Å². The van der Waals surface area contributed by atoms with Gasteiger partial charge in [-0.2, -0.15) is 0 Å². The molecule has 27 heavy (non-hydrogen) atoms. The van der Waals surface area contributed by atoms with Crippen molar-refractivity contribution >= 4 is 11.8 Å². The molecule has 146 valence electrons. The maximum atomic E-state index is 12.9. The quantitative estimate of drug-likeness (QED) is 0.690. The average Bonchev–Trinajstić information content (AvgIpc) is 3.25. The van der Waals surface area contributed by atoms with Crippen molar-refractivity contribution < 1.29 is 14.3 Å². The Kier molecular flexibility index (Phi) is 6.91. The Morgan fingerprint density at radius 3 is 2.70 bits per heavy atom. The number of carbonyl (C=O) groups is 2. The van der Waals surface area contributed by atoms with Crippen molar-refractivity contribution in [3.05, 3.63) is 42.5 Å². The van der Waals surface area contributed by atoms with Gasteiger partial charge in [0.25, 0.3) is 5.91 Å². The van der Waals surface area contributed by atoms with Gasteiger partial charge in [0.05, 0.1) is 0 Å². The predicted octanol–water partition coefficient (Wildman–Crippen LogP) is 3.51. The third-order valence-electron chi connectivity index (χ3n) is 5.48. The van der Waals surface area contributed by atoms with E-state index < -0.39 is 0 Å². The predicted molar refractivity (Wildman–Crippen MR) is 106 cm³/mol. The Balaban J connectivity index is 1.53. The summed E-state index contributed by atoms with van der Waals surface area (Å²) in [6, 6.07) is 7.33. The number of likely N-dealkylation sites (tertiary alicyclic amines) is 2. The van der Waals surface area contributed by atoms with Crippen LogP contribution >= 0.6 is 0 Å². The molecule has 0 aliphatic carbocycles. The van der Waals surface area contributed by atoms with E-state index in [1.807, 2.05) is 28.0 Å². The number of amides is 2. The molecule has 0 saturated carbocycles. The normalized spacial score (nSPS) is 19.8. The molecule has 0 N–H and O–H groups in total. The summed E-state index contributed by atoms with van der Waals surface area (Å²) in [6.07, 6.45) is 7.53. The fraction of sp³-hybridized carbons (Fsp3) is 0.545. The summed E-state index contributed by atoms with van der Waals surface area (Å²) in [5.41, 5.74) is 0.658. The molecular formula is C22H30N2O3. The molecule has 0 unspecified atom stereocenters. The third-order valence-corrected chi connectivity index (χ3v) is 5.48. The minimum atomic E-state index is 0.0506. The first-order valence-corrected chi connectivity index (χ1v) is 10.1. The van der Waals surface area contributed by atoms with E-state index in [-0.39, 0.29) is 11.8 Å². The SMILES string of the molecule is C=CCOc1cccc(C(=O)N2CCC[C@H](CCC(=O)N3CCCC3)C2)c1. The van der Waals surface area contributed by atoms with Crippen LogP contribution in [0.15, 0.2) is 36.9 Å². The highest BCUT2D eigenvalue weighted by atomic mass is 16.5. The number of nitrogens with zero attached hydrogens (tertiary/aromatic N) is 2. The van der Waals surface area contributed by atoms with E-state index in [1.54, 1.807) is 12.1 Å². The molecule has 1 aromatic rings. The first kappa shape index (κ1) is 19.5. The molecule has 0 radical (unpaired) electrons. The smallest absolute Gasteiger partial charge is 0.253 e. The van der Waals surface area contributed by atoms with Crippen molar-refractivity contribution in [2.24, 2.45) is 5.92 Å². The van der Waals surface area contributed by atoms with E-state index in [2.05, 4.69) is 6.58 Å². The molecule has 5 heteroatoms. The Hall–Kier alpha value is -2.30. The van der Waals surface area contributed by atoms with Gasteiger partial charge < -0.3 is 14.5 Å². The summed E-state index contributed by atoms with van der Waals surface area (Å²) < 4.78 is 5.54. The van der Waals surface area contributed by atoms with Gasteiger partial charge in [-0.05, 0) is 56.2 Å². The maximum Gasteiger partial charge on any atom is 0.253 e. The lowest BCUT2D eigenvalue weighted by atomic mass is 9.92. The average molecular weight is 370 g/mol. The van der Waals surface area contributed by atoms with Crippen LogP contribution in [-0.2, 0) is 4.79 Å². The first-order chi connectivity index (χ1) is 13.2. The van der Waals surface area contributed by atoms with Gasteiger partial charge in [-0.15, -0.1) is 0 Å². The second-order valence-corrected chi connectivity index (χ2v) is 7.51. The van der Waals surface area contributed by atoms with Crippen molar-refractivity contribution in [3.8, 4) is 5.75 Å². The van der Waals surface area contributed by atoms with Crippen LogP contribution in [0.5, 0.6) is 5.75 Å². The number of piperidine rings is 1. The number of benzene rings is 1. The molecule has 1 atom stereocenters. The number of carbonyl (C=O) groups excluding carboxylic acids is 2. The summed E-state index contributed by atoms with van der Waals surface area (Å²) >= 11 is 0. The van der Waals surface area contributed by atoms with Gasteiger partial charge in [-0.3, -0.25) is 9.59 Å². The molecular weight excluding hydrogens is 340 g/mol. The largest absolute Gasteiger partial charge is 0.490 e. The zero-order chi connectivity index (χ0) is 19.1. The Bertz CT molecular complexity index is 667. The topological polar surface area (TPSA) is 49.9 Å². The van der Waals surface area contributed by atoms with E-state index in [1.165, 1.54) is 0 Å². The monoisotopic (exact) mass is 370 g/mol. The van der Waals surface area contributed by atoms with Gasteiger partial charge in [-0.25, -0.2) is 0 Å². The molecule has 2 heterocycles. The van der Waals surface area contributed by atoms with Crippen molar-refractivity contribution in [1.29, 1.82) is 0 Å². The zero-order valence-corrected chi connectivity index (χ0v) is 16.1. The number of rotatable bonds is 7. The lowest BCUT2D eigenvalue weighted by Gasteiger charge is -2.33. The maximum absolute atomic E-state index is 12.9. The molecule has 2 saturated heterocycles. The van der Waals surface area contributed by atoms with E-state index in [0.29, 0.717) is 30.3 Å². The number of hydrogen-bond donors (Lipinski definition) is 0. The molecule has 2 aliphatic heterocycles. The summed E-state index contributed by atoms with van der Waals surface area (Å²) in [6.45, 7) is 7.42. The zero-order valence-electron chi connectivity index (χ0n) is 16.1. The van der Waals surface area contributed by atoms with Gasteiger partial charge in [0.1, 0.15) is 12.4 Å². The lowest BCUT2D eigenvalue weighted by molar-refractivity contribution is -0.130. The van der Waals surface area contributed by atoms with Crippen LogP contribution in [0.2, 0.25) is 0 Å². The van der Waals surface area contributed by atoms with Gasteiger partial charge >= 0.3 is 0 Å². The van der Waals surface area contributed by atoms with Gasteiger partial charge in [0.2, 0.25) is 5.91 Å². The molecule has 5 nitrogen and oxygen atoms in total. The van der Waals surface area contributed by atoms with Crippen molar-refractivity contribution in [2.75, 3.05) is 32.8 Å². The van der Waals surface area contributed by atoms with Crippen LogP contribution in [0.3, 0.4) is 0 Å². The molecule has 0 bridgehead atoms. The molecule has 3 rings (SSSR count). The van der Waals surface area contributed by atoms with E-state index in [9.17, 15) is 9.59 Å². The highest BCUT2D eigenvalue weighted by Crippen LogP contribution is 2.24. The van der Waals surface area contributed by atoms with Crippen molar-refractivity contribution in [1.82, 2.24) is 9.80 Å². The van der Waals surface area contributed by atoms with E-state index in [4.69, 9.17) is 4.74 Å². The Morgan fingerprint density at radius 1 is 1.15 bits per heavy atom. The van der Waals surface area contributed by atoms with Crippen molar-refractivity contribution in [2.45, 2.75) is 38.5 Å². The highest BCUT2D eigenvalue weighted by molar-refractivity contribution is 5.94. The fourth-order valence-electron chi connectivity index (χ4n) is 3.99. The van der Waals surface area contributed by atoms with Gasteiger partial charge in [0.15, 0.2) is 0 Å². The minimum absolute atomic E-state index is 0.0506. The summed E-state index contributed by atoms with van der Waals surface area (Å²) in [5, 5.41) is 0. The molecule has 0 aromatic heterocycles. The molecule has 0 spiro atoms. The summed E-state index contributed by atoms with van der Waals surface area (Å²) in [4.78, 5) is 29.1. The summed E-state index contributed by atoms with van der Waals surface area (Å²) in [7, 11) is 0. The van der Waals surface area contributed by atoms with Crippen LogP contribution < -0.4 is 4.74 Å². The molecule has 2 fully saturated rings. The van der Waals surface area contributed by atoms with Crippen molar-refractivity contribution in [3.63, 3.8) is 0 Å². The summed E-state index contributed by atoms with van der Waals surface area (Å²) in [5.74, 6) is 1.43. The van der Waals surface area contributed by atoms with Gasteiger partial charge in [0, 0.05) is 38.2 Å². The molecule has 2 aliphatic rings. The van der Waals surface area contributed by atoms with Crippen LogP contribution in [-0.4, -0.2) is 54.4 Å². The lowest BCUT2D eigenvalue weighted by Crippen LogP contribution is -2.40. The minimum Gasteiger partial charge on any atom is -0.490 e. The van der Waals surface area contributed by atoms with Crippen LogP contribution in [0.4, 0.5) is 0 Å². The number of hydrogen-bond acceptors (Lipinski definition) is 3. The second-order valence-electron chi connectivity index (χ2n) is 7.51. The Labute approximate surface area is 162 Å². The van der Waals surface area contributed by atoms with Gasteiger partial charge in [-0.1, -0.05) is 18.7 Å². The van der Waals surface area contributed by atoms with Crippen LogP contribution in [0.25, 0.3) is 0 Å². The third kappa shape index (κ3) is 5.34. The van der Waals surface area contributed by atoms with Crippen LogP contribution in [0, 0.1) is 5.92 Å². The number of ether oxygens (including phenoxy) is 1. The molecule has 2 amide bonds. The first-order valence-electron chi connectivity index (χ1n) is 10.1.